The van der Waals surface area contributed by atoms with Gasteiger partial charge in [0, 0.05) is 19.5 Å². The first-order valence-corrected chi connectivity index (χ1v) is 11.0. The monoisotopic (exact) mass is 421 g/mol. The maximum absolute atomic E-state index is 13.2. The Labute approximate surface area is 182 Å². The van der Waals surface area contributed by atoms with E-state index < -0.39 is 0 Å². The number of fused-ring (bicyclic) bond motifs is 1. The molecule has 1 aromatic heterocycles. The van der Waals surface area contributed by atoms with Crippen molar-refractivity contribution in [1.82, 2.24) is 14.5 Å². The minimum atomic E-state index is -0.311. The zero-order valence-corrected chi connectivity index (χ0v) is 18.3. The molecule has 0 unspecified atom stereocenters. The number of hydrogen-bond donors (Lipinski definition) is 1. The summed E-state index contributed by atoms with van der Waals surface area (Å²) in [4.78, 5) is 38.1. The minimum absolute atomic E-state index is 0.0213. The number of para-hydroxylation sites is 1. The van der Waals surface area contributed by atoms with E-state index in [9.17, 15) is 14.4 Å². The normalized spacial score (nSPS) is 11.2. The van der Waals surface area contributed by atoms with E-state index in [0.29, 0.717) is 55.7 Å². The van der Waals surface area contributed by atoms with Gasteiger partial charge in [0.25, 0.3) is 5.56 Å². The molecule has 0 saturated heterocycles. The number of rotatable bonds is 10. The molecule has 164 valence electrons. The third kappa shape index (κ3) is 5.94. The van der Waals surface area contributed by atoms with Crippen LogP contribution in [0.25, 0.3) is 10.9 Å². The predicted molar refractivity (Wildman–Crippen MR) is 124 cm³/mol. The number of aromatic nitrogens is 2. The third-order valence-corrected chi connectivity index (χ3v) is 5.40. The van der Waals surface area contributed by atoms with E-state index in [1.807, 2.05) is 48.5 Å². The Hall–Kier alpha value is -3.15. The number of nitrogens with one attached hydrogen (secondary N) is 1. The van der Waals surface area contributed by atoms with Crippen LogP contribution in [0, 0.1) is 5.92 Å². The molecule has 0 aliphatic heterocycles. The lowest BCUT2D eigenvalue weighted by Crippen LogP contribution is -2.40. The molecule has 2 aromatic carbocycles. The fraction of sp³-hybridized carbons (Fsp3) is 0.400. The van der Waals surface area contributed by atoms with Gasteiger partial charge in [-0.1, -0.05) is 56.3 Å². The van der Waals surface area contributed by atoms with Crippen LogP contribution in [0.4, 0.5) is 0 Å². The fourth-order valence-corrected chi connectivity index (χ4v) is 3.63. The van der Waals surface area contributed by atoms with Crippen LogP contribution >= 0.6 is 0 Å². The summed E-state index contributed by atoms with van der Waals surface area (Å²) >= 11 is 0. The third-order valence-electron chi connectivity index (χ3n) is 5.40. The van der Waals surface area contributed by atoms with Gasteiger partial charge in [0.2, 0.25) is 5.91 Å². The van der Waals surface area contributed by atoms with Gasteiger partial charge in [0.05, 0.1) is 17.4 Å². The van der Waals surface area contributed by atoms with Crippen molar-refractivity contribution in [1.29, 1.82) is 0 Å². The van der Waals surface area contributed by atoms with E-state index in [2.05, 4.69) is 19.2 Å². The summed E-state index contributed by atoms with van der Waals surface area (Å²) in [6.45, 7) is 5.64. The van der Waals surface area contributed by atoms with Crippen LogP contribution in [-0.2, 0) is 17.9 Å². The van der Waals surface area contributed by atoms with Crippen LogP contribution in [0.3, 0.4) is 0 Å². The number of benzene rings is 2. The molecule has 1 N–H and O–H groups in total. The Balaban J connectivity index is 1.74. The zero-order chi connectivity index (χ0) is 22.2. The predicted octanol–water partition coefficient (Wildman–Crippen LogP) is 3.54. The van der Waals surface area contributed by atoms with Gasteiger partial charge in [-0.15, -0.1) is 0 Å². The number of amides is 1. The van der Waals surface area contributed by atoms with Gasteiger partial charge in [0.1, 0.15) is 0 Å². The summed E-state index contributed by atoms with van der Waals surface area (Å²) < 4.78 is 2.96. The van der Waals surface area contributed by atoms with Crippen LogP contribution < -0.4 is 16.6 Å². The SMILES string of the molecule is CC(C)CCNC(=O)CCCCn1c(=O)c2ccccc2n(Cc2ccccc2)c1=O. The smallest absolute Gasteiger partial charge is 0.331 e. The van der Waals surface area contributed by atoms with Gasteiger partial charge in [-0.2, -0.15) is 0 Å². The Bertz CT molecular complexity index is 1130. The topological polar surface area (TPSA) is 73.1 Å². The van der Waals surface area contributed by atoms with Crippen LogP contribution in [0.15, 0.2) is 64.2 Å². The average molecular weight is 422 g/mol. The lowest BCUT2D eigenvalue weighted by atomic mass is 10.1. The molecule has 6 nitrogen and oxygen atoms in total. The van der Waals surface area contributed by atoms with Crippen molar-refractivity contribution in [3.63, 3.8) is 0 Å². The summed E-state index contributed by atoms with van der Waals surface area (Å²) in [5.74, 6) is 0.575. The van der Waals surface area contributed by atoms with E-state index in [-0.39, 0.29) is 17.2 Å². The number of carbonyl (C=O) groups excluding carboxylic acids is 1. The van der Waals surface area contributed by atoms with Gasteiger partial charge in [-0.05, 0) is 42.9 Å². The summed E-state index contributed by atoms with van der Waals surface area (Å²) in [5.41, 5.74) is 1.06. The molecule has 0 aliphatic carbocycles. The molecular formula is C25H31N3O3. The molecule has 3 aromatic rings. The van der Waals surface area contributed by atoms with Crippen LogP contribution in [0.1, 0.15) is 45.1 Å². The van der Waals surface area contributed by atoms with Crippen molar-refractivity contribution in [2.75, 3.05) is 6.54 Å². The highest BCUT2D eigenvalue weighted by atomic mass is 16.2. The molecule has 0 atom stereocenters. The van der Waals surface area contributed by atoms with Crippen molar-refractivity contribution < 1.29 is 4.79 Å². The number of hydrogen-bond acceptors (Lipinski definition) is 3. The van der Waals surface area contributed by atoms with E-state index in [0.717, 1.165) is 12.0 Å². The van der Waals surface area contributed by atoms with Crippen molar-refractivity contribution in [2.45, 2.75) is 52.6 Å². The summed E-state index contributed by atoms with van der Waals surface area (Å²) in [6, 6.07) is 17.0. The second-order valence-electron chi connectivity index (χ2n) is 8.32. The first-order chi connectivity index (χ1) is 15.0. The van der Waals surface area contributed by atoms with Gasteiger partial charge < -0.3 is 5.32 Å². The maximum Gasteiger partial charge on any atom is 0.331 e. The fourth-order valence-electron chi connectivity index (χ4n) is 3.63. The molecule has 6 heteroatoms. The van der Waals surface area contributed by atoms with Crippen molar-refractivity contribution in [3.8, 4) is 0 Å². The standard InChI is InChI=1S/C25H31N3O3/c1-19(2)15-16-26-23(29)14-8-9-17-27-24(30)21-12-6-7-13-22(21)28(25(27)31)18-20-10-4-3-5-11-20/h3-7,10-13,19H,8-9,14-18H2,1-2H3,(H,26,29). The molecule has 0 aliphatic rings. The van der Waals surface area contributed by atoms with Crippen molar-refractivity contribution >= 4 is 16.8 Å². The van der Waals surface area contributed by atoms with E-state index in [4.69, 9.17) is 0 Å². The van der Waals surface area contributed by atoms with Gasteiger partial charge in [-0.3, -0.25) is 18.7 Å². The van der Waals surface area contributed by atoms with Gasteiger partial charge in [0.15, 0.2) is 0 Å². The second kappa shape index (κ2) is 10.8. The highest BCUT2D eigenvalue weighted by molar-refractivity contribution is 5.78. The first kappa shape index (κ1) is 22.5. The van der Waals surface area contributed by atoms with E-state index in [1.54, 1.807) is 10.6 Å². The average Bonchev–Trinajstić information content (AvgIpc) is 2.76. The molecule has 0 radical (unpaired) electrons. The maximum atomic E-state index is 13.2. The quantitative estimate of drug-likeness (QED) is 0.509. The molecule has 0 fully saturated rings. The van der Waals surface area contributed by atoms with E-state index in [1.165, 1.54) is 4.57 Å². The van der Waals surface area contributed by atoms with Crippen molar-refractivity contribution in [2.24, 2.45) is 5.92 Å². The van der Waals surface area contributed by atoms with Crippen LogP contribution in [0.2, 0.25) is 0 Å². The lowest BCUT2D eigenvalue weighted by Gasteiger charge is -2.14. The number of nitrogens with zero attached hydrogens (tertiary/aromatic N) is 2. The minimum Gasteiger partial charge on any atom is -0.356 e. The van der Waals surface area contributed by atoms with Crippen LogP contribution in [0.5, 0.6) is 0 Å². The number of carbonyl (C=O) groups is 1. The Morgan fingerprint density at radius 3 is 2.39 bits per heavy atom. The first-order valence-electron chi connectivity index (χ1n) is 11.0. The summed E-state index contributed by atoms with van der Waals surface area (Å²) in [7, 11) is 0. The van der Waals surface area contributed by atoms with Gasteiger partial charge in [-0.25, -0.2) is 4.79 Å². The molecule has 3 rings (SSSR count). The lowest BCUT2D eigenvalue weighted by molar-refractivity contribution is -0.121. The Kier molecular flexibility index (Phi) is 7.82. The molecule has 0 saturated carbocycles. The zero-order valence-electron chi connectivity index (χ0n) is 18.3. The Morgan fingerprint density at radius 1 is 0.935 bits per heavy atom. The molecule has 1 amide bonds. The molecule has 0 bridgehead atoms. The van der Waals surface area contributed by atoms with Crippen molar-refractivity contribution in [3.05, 3.63) is 81.0 Å². The Morgan fingerprint density at radius 2 is 1.65 bits per heavy atom. The molecule has 31 heavy (non-hydrogen) atoms. The largest absolute Gasteiger partial charge is 0.356 e. The summed E-state index contributed by atoms with van der Waals surface area (Å²) in [6.07, 6.45) is 2.58. The highest BCUT2D eigenvalue weighted by Crippen LogP contribution is 2.10. The van der Waals surface area contributed by atoms with Crippen LogP contribution in [-0.4, -0.2) is 21.6 Å². The van der Waals surface area contributed by atoms with E-state index >= 15 is 0 Å². The molecular weight excluding hydrogens is 390 g/mol. The number of unbranched alkanes of at least 4 members (excludes halogenated alkanes) is 1. The molecule has 0 spiro atoms. The molecule has 1 heterocycles. The highest BCUT2D eigenvalue weighted by Gasteiger charge is 2.13. The summed E-state index contributed by atoms with van der Waals surface area (Å²) in [5, 5.41) is 3.45. The second-order valence-corrected chi connectivity index (χ2v) is 8.32. The van der Waals surface area contributed by atoms with Gasteiger partial charge >= 0.3 is 5.69 Å².